The van der Waals surface area contributed by atoms with Gasteiger partial charge in [0.05, 0.1) is 5.92 Å². The van der Waals surface area contributed by atoms with E-state index >= 15 is 0 Å². The molecule has 0 heterocycles. The first-order chi connectivity index (χ1) is 7.56. The van der Waals surface area contributed by atoms with E-state index in [1.54, 1.807) is 0 Å². The molecule has 1 nitrogen and oxygen atoms in total. The molecular weight excluding hydrogens is 196 g/mol. The largest absolute Gasteiger partial charge is 0.302 e. The number of carbonyl (C=O) groups is 1. The van der Waals surface area contributed by atoms with Gasteiger partial charge in [-0.1, -0.05) is 51.0 Å². The lowest BCUT2D eigenvalue weighted by atomic mass is 9.62. The van der Waals surface area contributed by atoms with Crippen molar-refractivity contribution < 1.29 is 4.79 Å². The highest BCUT2D eigenvalue weighted by molar-refractivity contribution is 5.63. The summed E-state index contributed by atoms with van der Waals surface area (Å²) in [7, 11) is 0. The predicted octanol–water partition coefficient (Wildman–Crippen LogP) is 3.76. The van der Waals surface area contributed by atoms with Crippen LogP contribution in [0.25, 0.3) is 0 Å². The van der Waals surface area contributed by atoms with Gasteiger partial charge in [0.25, 0.3) is 0 Å². The minimum absolute atomic E-state index is 0.0429. The van der Waals surface area contributed by atoms with E-state index in [4.69, 9.17) is 0 Å². The quantitative estimate of drug-likeness (QED) is 0.509. The molecule has 1 fully saturated rings. The number of hydrogen-bond donors (Lipinski definition) is 0. The molecule has 0 aromatic heterocycles. The van der Waals surface area contributed by atoms with Crippen LogP contribution in [-0.2, 0) is 4.79 Å². The predicted molar refractivity (Wildman–Crippen MR) is 67.1 cm³/mol. The molecule has 0 amide bonds. The van der Waals surface area contributed by atoms with Crippen molar-refractivity contribution in [1.29, 1.82) is 0 Å². The van der Waals surface area contributed by atoms with Gasteiger partial charge in [0, 0.05) is 0 Å². The molecule has 1 saturated carbocycles. The van der Waals surface area contributed by atoms with Crippen LogP contribution < -0.4 is 0 Å². The van der Waals surface area contributed by atoms with Gasteiger partial charge in [-0.3, -0.25) is 0 Å². The van der Waals surface area contributed by atoms with Crippen molar-refractivity contribution in [2.45, 2.75) is 39.5 Å². The molecule has 2 aliphatic carbocycles. The topological polar surface area (TPSA) is 17.1 Å². The normalized spacial score (nSPS) is 34.2. The second-order valence-electron chi connectivity index (χ2n) is 5.94. The number of hydrogen-bond acceptors (Lipinski definition) is 1. The first-order valence-corrected chi connectivity index (χ1v) is 6.39. The van der Waals surface area contributed by atoms with Crippen LogP contribution in [0.3, 0.4) is 0 Å². The summed E-state index contributed by atoms with van der Waals surface area (Å²) < 4.78 is 0. The summed E-state index contributed by atoms with van der Waals surface area (Å²) in [5, 5.41) is 0. The lowest BCUT2D eigenvalue weighted by Gasteiger charge is -2.42. The summed E-state index contributed by atoms with van der Waals surface area (Å²) in [6.45, 7) is 8.76. The molecule has 1 heteroatoms. The van der Waals surface area contributed by atoms with E-state index in [9.17, 15) is 4.79 Å². The third-order valence-electron chi connectivity index (χ3n) is 4.38. The number of rotatable bonds is 2. The molecule has 0 N–H and O–H groups in total. The molecule has 0 spiro atoms. The fraction of sp³-hybridized carbons (Fsp3) is 0.667. The van der Waals surface area contributed by atoms with E-state index in [1.165, 1.54) is 25.7 Å². The van der Waals surface area contributed by atoms with Crippen molar-refractivity contribution in [1.82, 2.24) is 0 Å². The fourth-order valence-corrected chi connectivity index (χ4v) is 3.60. The maximum atomic E-state index is 11.0. The summed E-state index contributed by atoms with van der Waals surface area (Å²) in [6, 6.07) is 0. The van der Waals surface area contributed by atoms with Gasteiger partial charge in [0.15, 0.2) is 0 Å². The molecule has 2 unspecified atom stereocenters. The van der Waals surface area contributed by atoms with Crippen molar-refractivity contribution in [3.63, 3.8) is 0 Å². The molecule has 2 aliphatic rings. The van der Waals surface area contributed by atoms with E-state index in [0.29, 0.717) is 5.92 Å². The zero-order valence-electron chi connectivity index (χ0n) is 10.4. The van der Waals surface area contributed by atoms with Crippen molar-refractivity contribution in [3.05, 3.63) is 24.3 Å². The van der Waals surface area contributed by atoms with Crippen LogP contribution >= 0.6 is 0 Å². The molecule has 0 aromatic rings. The molecular formula is C15H22O. The molecule has 2 rings (SSSR count). The molecule has 0 aromatic carbocycles. The molecule has 0 saturated heterocycles. The van der Waals surface area contributed by atoms with Crippen molar-refractivity contribution in [2.24, 2.45) is 23.2 Å². The van der Waals surface area contributed by atoms with E-state index in [0.717, 1.165) is 17.8 Å². The summed E-state index contributed by atoms with van der Waals surface area (Å²) >= 11 is 0. The van der Waals surface area contributed by atoms with Crippen LogP contribution in [0.5, 0.6) is 0 Å². The van der Waals surface area contributed by atoms with Gasteiger partial charge in [-0.05, 0) is 30.1 Å². The maximum Gasteiger partial charge on any atom is 0.130 e. The van der Waals surface area contributed by atoms with Crippen LogP contribution in [0.4, 0.5) is 0 Å². The zero-order valence-corrected chi connectivity index (χ0v) is 10.4. The summed E-state index contributed by atoms with van der Waals surface area (Å²) in [5.41, 5.74) is 1.32. The van der Waals surface area contributed by atoms with Crippen LogP contribution in [0.1, 0.15) is 39.5 Å². The maximum absolute atomic E-state index is 11.0. The van der Waals surface area contributed by atoms with Gasteiger partial charge in [-0.2, -0.15) is 0 Å². The van der Waals surface area contributed by atoms with E-state index in [-0.39, 0.29) is 11.3 Å². The third-order valence-corrected chi connectivity index (χ3v) is 4.38. The highest BCUT2D eigenvalue weighted by Crippen LogP contribution is 2.49. The Balaban J connectivity index is 2.28. The summed E-state index contributed by atoms with van der Waals surface area (Å²) in [6.07, 6.45) is 10.6. The Hall–Kier alpha value is -0.850. The van der Waals surface area contributed by atoms with Crippen LogP contribution in [0.2, 0.25) is 0 Å². The Morgan fingerprint density at radius 2 is 2.00 bits per heavy atom. The van der Waals surface area contributed by atoms with Gasteiger partial charge in [0.2, 0.25) is 0 Å². The molecule has 88 valence electrons. The Morgan fingerprint density at radius 1 is 1.38 bits per heavy atom. The highest BCUT2D eigenvalue weighted by atomic mass is 16.1. The van der Waals surface area contributed by atoms with Crippen LogP contribution in [0, 0.1) is 23.2 Å². The molecule has 0 bridgehead atoms. The Bertz CT molecular complexity index is 318. The van der Waals surface area contributed by atoms with Gasteiger partial charge in [-0.15, -0.1) is 0 Å². The van der Waals surface area contributed by atoms with Gasteiger partial charge >= 0.3 is 0 Å². The van der Waals surface area contributed by atoms with Gasteiger partial charge in [0.1, 0.15) is 6.29 Å². The molecule has 2 atom stereocenters. The van der Waals surface area contributed by atoms with Crippen molar-refractivity contribution in [2.75, 3.05) is 0 Å². The fourth-order valence-electron chi connectivity index (χ4n) is 3.60. The van der Waals surface area contributed by atoms with Crippen LogP contribution in [0.15, 0.2) is 24.3 Å². The SMILES string of the molecule is C=C1C(C=O)C=CC(C)(C)C1C1CCCC1. The van der Waals surface area contributed by atoms with E-state index < -0.39 is 0 Å². The number of aldehydes is 1. The van der Waals surface area contributed by atoms with Crippen LogP contribution in [-0.4, -0.2) is 6.29 Å². The van der Waals surface area contributed by atoms with Crippen molar-refractivity contribution in [3.8, 4) is 0 Å². The average molecular weight is 218 g/mol. The lowest BCUT2D eigenvalue weighted by molar-refractivity contribution is -0.109. The van der Waals surface area contributed by atoms with Gasteiger partial charge in [-0.25, -0.2) is 0 Å². The standard InChI is InChI=1S/C15H22O/c1-11-13(10-16)8-9-15(2,3)14(11)12-6-4-5-7-12/h8-10,12-14H,1,4-7H2,2-3H3. The third kappa shape index (κ3) is 1.88. The Kier molecular flexibility index (Phi) is 3.05. The first-order valence-electron chi connectivity index (χ1n) is 6.39. The smallest absolute Gasteiger partial charge is 0.130 e. The summed E-state index contributed by atoms with van der Waals surface area (Å²) in [5.74, 6) is 1.20. The summed E-state index contributed by atoms with van der Waals surface area (Å²) in [4.78, 5) is 11.0. The Labute approximate surface area is 98.6 Å². The minimum Gasteiger partial charge on any atom is -0.302 e. The van der Waals surface area contributed by atoms with E-state index in [2.05, 4.69) is 26.5 Å². The second kappa shape index (κ2) is 4.20. The number of allylic oxidation sites excluding steroid dienone is 3. The zero-order chi connectivity index (χ0) is 11.8. The second-order valence-corrected chi connectivity index (χ2v) is 5.94. The van der Waals surface area contributed by atoms with E-state index in [1.807, 2.05) is 6.08 Å². The first kappa shape index (κ1) is 11.6. The van der Waals surface area contributed by atoms with Crippen molar-refractivity contribution >= 4 is 6.29 Å². The Morgan fingerprint density at radius 3 is 2.56 bits per heavy atom. The average Bonchev–Trinajstić information content (AvgIpc) is 2.70. The lowest BCUT2D eigenvalue weighted by Crippen LogP contribution is -2.35. The molecule has 0 aliphatic heterocycles. The molecule has 0 radical (unpaired) electrons. The van der Waals surface area contributed by atoms with Gasteiger partial charge < -0.3 is 4.79 Å². The minimum atomic E-state index is -0.0429. The molecule has 16 heavy (non-hydrogen) atoms. The number of carbonyl (C=O) groups excluding carboxylic acids is 1. The monoisotopic (exact) mass is 218 g/mol. The highest BCUT2D eigenvalue weighted by Gasteiger charge is 2.41.